The van der Waals surface area contributed by atoms with Crippen molar-refractivity contribution in [1.82, 2.24) is 14.8 Å². The van der Waals surface area contributed by atoms with Gasteiger partial charge in [-0.2, -0.15) is 0 Å². The first-order valence-electron chi connectivity index (χ1n) is 4.11. The molecule has 2 heterocycles. The predicted molar refractivity (Wildman–Crippen MR) is 58.2 cm³/mol. The van der Waals surface area contributed by atoms with Crippen molar-refractivity contribution in [2.75, 3.05) is 5.73 Å². The second-order valence-electron chi connectivity index (χ2n) is 2.93. The molecule has 2 aromatic heterocycles. The Hall–Kier alpha value is -1.36. The van der Waals surface area contributed by atoms with Gasteiger partial charge in [0.15, 0.2) is 5.82 Å². The molecule has 0 fully saturated rings. The molecule has 0 radical (unpaired) electrons. The van der Waals surface area contributed by atoms with E-state index in [1.54, 1.807) is 16.9 Å². The number of aryl methyl sites for hydroxylation is 1. The fraction of sp³-hybridized carbons (Fsp3) is 0.111. The molecule has 5 heteroatoms. The average Bonchev–Trinajstić information content (AvgIpc) is 2.46. The van der Waals surface area contributed by atoms with E-state index in [1.165, 1.54) is 0 Å². The summed E-state index contributed by atoms with van der Waals surface area (Å²) < 4.78 is 2.60. The number of hydrogen-bond acceptors (Lipinski definition) is 3. The van der Waals surface area contributed by atoms with Gasteiger partial charge in [0.2, 0.25) is 0 Å². The number of hydrogen-bond donors (Lipinski definition) is 1. The number of nitrogen functional groups attached to an aromatic ring is 1. The number of rotatable bonds is 1. The lowest BCUT2D eigenvalue weighted by atomic mass is 10.4. The van der Waals surface area contributed by atoms with E-state index in [-0.39, 0.29) is 0 Å². The normalized spacial score (nSPS) is 10.4. The van der Waals surface area contributed by atoms with E-state index in [0.717, 1.165) is 16.0 Å². The lowest BCUT2D eigenvalue weighted by molar-refractivity contribution is 0.816. The molecule has 2 aromatic rings. The van der Waals surface area contributed by atoms with Crippen LogP contribution in [0.15, 0.2) is 28.9 Å². The summed E-state index contributed by atoms with van der Waals surface area (Å²) in [5, 5.41) is 4.14. The summed E-state index contributed by atoms with van der Waals surface area (Å²) in [7, 11) is 0. The smallest absolute Gasteiger partial charge is 0.167 e. The highest BCUT2D eigenvalue weighted by atomic mass is 79.9. The van der Waals surface area contributed by atoms with Gasteiger partial charge in [0.25, 0.3) is 0 Å². The van der Waals surface area contributed by atoms with Crippen molar-refractivity contribution in [3.05, 3.63) is 34.6 Å². The number of aromatic nitrogens is 3. The number of pyridine rings is 1. The molecule has 0 unspecified atom stereocenters. The minimum atomic E-state index is 0.500. The van der Waals surface area contributed by atoms with Crippen molar-refractivity contribution < 1.29 is 0 Å². The van der Waals surface area contributed by atoms with Crippen LogP contribution >= 0.6 is 15.9 Å². The van der Waals surface area contributed by atoms with Crippen LogP contribution in [0.25, 0.3) is 5.82 Å². The van der Waals surface area contributed by atoms with E-state index in [2.05, 4.69) is 26.0 Å². The number of halogens is 1. The van der Waals surface area contributed by atoms with E-state index >= 15 is 0 Å². The van der Waals surface area contributed by atoms with Gasteiger partial charge in [-0.15, -0.1) is 5.10 Å². The third kappa shape index (κ3) is 1.50. The van der Waals surface area contributed by atoms with Crippen LogP contribution in [0.1, 0.15) is 5.69 Å². The van der Waals surface area contributed by atoms with Gasteiger partial charge in [-0.3, -0.25) is 0 Å². The Morgan fingerprint density at radius 3 is 2.86 bits per heavy atom. The van der Waals surface area contributed by atoms with Crippen LogP contribution in [0.2, 0.25) is 0 Å². The zero-order valence-corrected chi connectivity index (χ0v) is 9.19. The van der Waals surface area contributed by atoms with Crippen LogP contribution in [-0.4, -0.2) is 14.8 Å². The Labute approximate surface area is 89.9 Å². The summed E-state index contributed by atoms with van der Waals surface area (Å²) >= 11 is 3.41. The van der Waals surface area contributed by atoms with Crippen molar-refractivity contribution in [2.24, 2.45) is 0 Å². The van der Waals surface area contributed by atoms with Gasteiger partial charge in [-0.05, 0) is 35.0 Å². The molecular weight excluding hydrogens is 244 g/mol. The van der Waals surface area contributed by atoms with Crippen LogP contribution in [0.3, 0.4) is 0 Å². The molecule has 4 nitrogen and oxygen atoms in total. The molecule has 0 aliphatic heterocycles. The standard InChI is InChI=1S/C9H9BrN4/c1-6-5-8(11)13-14(6)9-7(10)3-2-4-12-9/h2-5H,1H3,(H2,11,13). The third-order valence-electron chi connectivity index (χ3n) is 1.85. The van der Waals surface area contributed by atoms with E-state index in [9.17, 15) is 0 Å². The largest absolute Gasteiger partial charge is 0.382 e. The number of anilines is 1. The first-order chi connectivity index (χ1) is 6.68. The summed E-state index contributed by atoms with van der Waals surface area (Å²) in [6.45, 7) is 1.94. The topological polar surface area (TPSA) is 56.7 Å². The molecule has 0 aromatic carbocycles. The maximum absolute atomic E-state index is 5.59. The SMILES string of the molecule is Cc1cc(N)nn1-c1ncccc1Br. The first-order valence-corrected chi connectivity index (χ1v) is 4.91. The second kappa shape index (κ2) is 3.42. The summed E-state index contributed by atoms with van der Waals surface area (Å²) in [6, 6.07) is 5.58. The Balaban J connectivity index is 2.60. The van der Waals surface area contributed by atoms with Crippen LogP contribution in [0, 0.1) is 6.92 Å². The van der Waals surface area contributed by atoms with Crippen molar-refractivity contribution in [3.8, 4) is 5.82 Å². The van der Waals surface area contributed by atoms with Crippen LogP contribution in [-0.2, 0) is 0 Å². The Kier molecular flexibility index (Phi) is 2.25. The highest BCUT2D eigenvalue weighted by Gasteiger charge is 2.07. The molecule has 0 amide bonds. The predicted octanol–water partition coefficient (Wildman–Crippen LogP) is 1.92. The second-order valence-corrected chi connectivity index (χ2v) is 3.79. The molecule has 72 valence electrons. The molecule has 0 aliphatic rings. The zero-order valence-electron chi connectivity index (χ0n) is 7.61. The molecule has 2 rings (SSSR count). The molecular formula is C9H9BrN4. The maximum Gasteiger partial charge on any atom is 0.167 e. The average molecular weight is 253 g/mol. The van der Waals surface area contributed by atoms with Gasteiger partial charge in [-0.25, -0.2) is 9.67 Å². The van der Waals surface area contributed by atoms with Gasteiger partial charge >= 0.3 is 0 Å². The van der Waals surface area contributed by atoms with Gasteiger partial charge < -0.3 is 5.73 Å². The quantitative estimate of drug-likeness (QED) is 0.844. The van der Waals surface area contributed by atoms with Crippen molar-refractivity contribution in [1.29, 1.82) is 0 Å². The van der Waals surface area contributed by atoms with Gasteiger partial charge in [0.1, 0.15) is 5.82 Å². The van der Waals surface area contributed by atoms with Crippen LogP contribution in [0.4, 0.5) is 5.82 Å². The lowest BCUT2D eigenvalue weighted by Gasteiger charge is -2.04. The van der Waals surface area contributed by atoms with Crippen molar-refractivity contribution in [2.45, 2.75) is 6.92 Å². The summed E-state index contributed by atoms with van der Waals surface area (Å²) in [5.41, 5.74) is 6.55. The number of nitrogens with zero attached hydrogens (tertiary/aromatic N) is 3. The minimum Gasteiger partial charge on any atom is -0.382 e. The highest BCUT2D eigenvalue weighted by Crippen LogP contribution is 2.19. The van der Waals surface area contributed by atoms with Crippen molar-refractivity contribution >= 4 is 21.7 Å². The first kappa shape index (κ1) is 9.21. The molecule has 0 atom stereocenters. The molecule has 0 saturated carbocycles. The van der Waals surface area contributed by atoms with Gasteiger partial charge in [0.05, 0.1) is 4.47 Å². The van der Waals surface area contributed by atoms with E-state index in [1.807, 2.05) is 19.1 Å². The molecule has 0 saturated heterocycles. The van der Waals surface area contributed by atoms with E-state index < -0.39 is 0 Å². The Morgan fingerprint density at radius 1 is 1.50 bits per heavy atom. The van der Waals surface area contributed by atoms with Crippen molar-refractivity contribution in [3.63, 3.8) is 0 Å². The van der Waals surface area contributed by atoms with Crippen LogP contribution < -0.4 is 5.73 Å². The zero-order chi connectivity index (χ0) is 10.1. The minimum absolute atomic E-state index is 0.500. The van der Waals surface area contributed by atoms with E-state index in [0.29, 0.717) is 5.82 Å². The molecule has 0 aliphatic carbocycles. The summed E-state index contributed by atoms with van der Waals surface area (Å²) in [4.78, 5) is 4.22. The monoisotopic (exact) mass is 252 g/mol. The fourth-order valence-electron chi connectivity index (χ4n) is 1.25. The van der Waals surface area contributed by atoms with Gasteiger partial charge in [-0.1, -0.05) is 0 Å². The number of nitrogens with two attached hydrogens (primary N) is 1. The third-order valence-corrected chi connectivity index (χ3v) is 2.46. The van der Waals surface area contributed by atoms with E-state index in [4.69, 9.17) is 5.73 Å². The lowest BCUT2D eigenvalue weighted by Crippen LogP contribution is -2.02. The molecule has 14 heavy (non-hydrogen) atoms. The van der Waals surface area contributed by atoms with Crippen LogP contribution in [0.5, 0.6) is 0 Å². The Morgan fingerprint density at radius 2 is 2.29 bits per heavy atom. The highest BCUT2D eigenvalue weighted by molar-refractivity contribution is 9.10. The molecule has 0 bridgehead atoms. The fourth-order valence-corrected chi connectivity index (χ4v) is 1.67. The maximum atomic E-state index is 5.59. The molecule has 2 N–H and O–H groups in total. The summed E-state index contributed by atoms with van der Waals surface area (Å²) in [6.07, 6.45) is 1.72. The summed E-state index contributed by atoms with van der Waals surface area (Å²) in [5.74, 6) is 1.25. The molecule has 0 spiro atoms. The Bertz CT molecular complexity index is 464. The van der Waals surface area contributed by atoms with Gasteiger partial charge in [0, 0.05) is 18.0 Å².